The van der Waals surface area contributed by atoms with Crippen LogP contribution in [0.2, 0.25) is 0 Å². The number of hydrogen-bond acceptors (Lipinski definition) is 4. The van der Waals surface area contributed by atoms with Crippen LogP contribution in [0.4, 0.5) is 5.69 Å². The van der Waals surface area contributed by atoms with Crippen molar-refractivity contribution in [2.75, 3.05) is 5.32 Å². The van der Waals surface area contributed by atoms with Gasteiger partial charge < -0.3 is 5.32 Å². The normalized spacial score (nSPS) is 11.1. The highest BCUT2D eigenvalue weighted by atomic mass is 79.9. The first-order valence-corrected chi connectivity index (χ1v) is 7.57. The maximum absolute atomic E-state index is 4.45. The predicted molar refractivity (Wildman–Crippen MR) is 82.6 cm³/mol. The fourth-order valence-electron chi connectivity index (χ4n) is 2.05. The van der Waals surface area contributed by atoms with Gasteiger partial charge in [0.05, 0.1) is 21.4 Å². The Morgan fingerprint density at radius 1 is 1.42 bits per heavy atom. The van der Waals surface area contributed by atoms with Crippen molar-refractivity contribution in [1.29, 1.82) is 0 Å². The summed E-state index contributed by atoms with van der Waals surface area (Å²) in [7, 11) is 1.91. The van der Waals surface area contributed by atoms with E-state index in [1.807, 2.05) is 24.9 Å². The summed E-state index contributed by atoms with van der Waals surface area (Å²) in [6, 6.07) is 4.23. The number of thiophene rings is 1. The first-order valence-electron chi connectivity index (χ1n) is 5.89. The lowest BCUT2D eigenvalue weighted by Gasteiger charge is -2.04. The Morgan fingerprint density at radius 2 is 2.26 bits per heavy atom. The average Bonchev–Trinajstić information content (AvgIpc) is 2.92. The molecule has 0 radical (unpaired) electrons. The van der Waals surface area contributed by atoms with E-state index in [0.717, 1.165) is 32.7 Å². The fraction of sp³-hybridized carbons (Fsp3) is 0.231. The van der Waals surface area contributed by atoms with E-state index in [-0.39, 0.29) is 0 Å². The lowest BCUT2D eigenvalue weighted by molar-refractivity contribution is 0.774. The Balaban J connectivity index is 1.83. The number of anilines is 1. The standard InChI is InChI=1S/C13H13BrN4S/c1-8-11-4-10(6-16-13(11)18(2)17-8)15-5-9-3-12(14)19-7-9/h3-4,6-7,15H,5H2,1-2H3. The highest BCUT2D eigenvalue weighted by Crippen LogP contribution is 2.23. The van der Waals surface area contributed by atoms with E-state index in [0.29, 0.717) is 0 Å². The number of halogens is 1. The molecule has 0 fully saturated rings. The van der Waals surface area contributed by atoms with Gasteiger partial charge in [-0.3, -0.25) is 4.68 Å². The van der Waals surface area contributed by atoms with E-state index >= 15 is 0 Å². The number of aryl methyl sites for hydroxylation is 2. The van der Waals surface area contributed by atoms with Crippen LogP contribution in [0.1, 0.15) is 11.3 Å². The van der Waals surface area contributed by atoms with Crippen molar-refractivity contribution in [1.82, 2.24) is 14.8 Å². The molecular weight excluding hydrogens is 324 g/mol. The van der Waals surface area contributed by atoms with E-state index in [4.69, 9.17) is 0 Å². The van der Waals surface area contributed by atoms with E-state index in [2.05, 4.69) is 48.8 Å². The highest BCUT2D eigenvalue weighted by molar-refractivity contribution is 9.11. The third kappa shape index (κ3) is 2.50. The number of nitrogens with one attached hydrogen (secondary N) is 1. The second-order valence-electron chi connectivity index (χ2n) is 4.42. The maximum Gasteiger partial charge on any atom is 0.157 e. The van der Waals surface area contributed by atoms with Gasteiger partial charge in [0.1, 0.15) is 0 Å². The van der Waals surface area contributed by atoms with Crippen LogP contribution in [0.15, 0.2) is 27.5 Å². The summed E-state index contributed by atoms with van der Waals surface area (Å²) in [5.41, 5.74) is 4.21. The maximum atomic E-state index is 4.45. The van der Waals surface area contributed by atoms with Crippen molar-refractivity contribution in [3.63, 3.8) is 0 Å². The number of nitrogens with zero attached hydrogens (tertiary/aromatic N) is 3. The van der Waals surface area contributed by atoms with Gasteiger partial charge in [-0.2, -0.15) is 5.10 Å². The summed E-state index contributed by atoms with van der Waals surface area (Å²) in [5, 5.41) is 11.0. The van der Waals surface area contributed by atoms with E-state index in [1.54, 1.807) is 11.3 Å². The van der Waals surface area contributed by atoms with Crippen LogP contribution < -0.4 is 5.32 Å². The van der Waals surface area contributed by atoms with Gasteiger partial charge in [0.2, 0.25) is 0 Å². The van der Waals surface area contributed by atoms with Crippen molar-refractivity contribution >= 4 is 44.0 Å². The molecule has 0 saturated heterocycles. The molecule has 3 aromatic rings. The molecule has 98 valence electrons. The van der Waals surface area contributed by atoms with Gasteiger partial charge in [0, 0.05) is 19.0 Å². The average molecular weight is 337 g/mol. The Kier molecular flexibility index (Phi) is 3.28. The Morgan fingerprint density at radius 3 is 3.00 bits per heavy atom. The predicted octanol–water partition coefficient (Wildman–Crippen LogP) is 3.71. The monoisotopic (exact) mass is 336 g/mol. The molecule has 3 rings (SSSR count). The number of rotatable bonds is 3. The van der Waals surface area contributed by atoms with Crippen molar-refractivity contribution < 1.29 is 0 Å². The topological polar surface area (TPSA) is 42.7 Å². The summed E-state index contributed by atoms with van der Waals surface area (Å²) in [6.45, 7) is 2.80. The first kappa shape index (κ1) is 12.6. The summed E-state index contributed by atoms with van der Waals surface area (Å²) in [4.78, 5) is 4.45. The smallest absolute Gasteiger partial charge is 0.157 e. The molecule has 0 bridgehead atoms. The van der Waals surface area contributed by atoms with E-state index < -0.39 is 0 Å². The van der Waals surface area contributed by atoms with E-state index in [1.165, 1.54) is 5.56 Å². The molecule has 0 aromatic carbocycles. The number of pyridine rings is 1. The molecule has 3 heterocycles. The molecule has 3 aromatic heterocycles. The van der Waals surface area contributed by atoms with Gasteiger partial charge in [-0.25, -0.2) is 4.98 Å². The van der Waals surface area contributed by atoms with Gasteiger partial charge in [0.15, 0.2) is 5.65 Å². The molecule has 0 spiro atoms. The number of fused-ring (bicyclic) bond motifs is 1. The lowest BCUT2D eigenvalue weighted by atomic mass is 10.2. The molecule has 0 amide bonds. The quantitative estimate of drug-likeness (QED) is 0.792. The van der Waals surface area contributed by atoms with Crippen molar-refractivity contribution in [2.45, 2.75) is 13.5 Å². The van der Waals surface area contributed by atoms with Gasteiger partial charge in [-0.15, -0.1) is 11.3 Å². The molecule has 0 saturated carbocycles. The van der Waals surface area contributed by atoms with Crippen LogP contribution in [-0.2, 0) is 13.6 Å². The zero-order valence-electron chi connectivity index (χ0n) is 10.6. The minimum absolute atomic E-state index is 0.800. The molecule has 4 nitrogen and oxygen atoms in total. The molecule has 0 aliphatic carbocycles. The second kappa shape index (κ2) is 4.94. The highest BCUT2D eigenvalue weighted by Gasteiger charge is 2.07. The largest absolute Gasteiger partial charge is 0.380 e. The molecule has 0 atom stereocenters. The minimum atomic E-state index is 0.800. The van der Waals surface area contributed by atoms with Crippen molar-refractivity contribution in [2.24, 2.45) is 7.05 Å². The Labute approximate surface area is 123 Å². The third-order valence-electron chi connectivity index (χ3n) is 2.98. The molecule has 0 aliphatic rings. The zero-order chi connectivity index (χ0) is 13.4. The first-order chi connectivity index (χ1) is 9.13. The Bertz CT molecular complexity index is 731. The van der Waals surface area contributed by atoms with Crippen molar-refractivity contribution in [3.05, 3.63) is 38.8 Å². The van der Waals surface area contributed by atoms with Gasteiger partial charge in [-0.05, 0) is 45.9 Å². The molecule has 0 aliphatic heterocycles. The SMILES string of the molecule is Cc1nn(C)c2ncc(NCc3csc(Br)c3)cc12. The summed E-state index contributed by atoms with van der Waals surface area (Å²) in [6.07, 6.45) is 1.85. The van der Waals surface area contributed by atoms with Crippen molar-refractivity contribution in [3.8, 4) is 0 Å². The molecule has 19 heavy (non-hydrogen) atoms. The molecular formula is C13H13BrN4S. The van der Waals surface area contributed by atoms with E-state index in [9.17, 15) is 0 Å². The molecule has 0 unspecified atom stereocenters. The molecule has 6 heteroatoms. The number of aromatic nitrogens is 3. The number of hydrogen-bond donors (Lipinski definition) is 1. The lowest BCUT2D eigenvalue weighted by Crippen LogP contribution is -1.99. The van der Waals surface area contributed by atoms with Crippen LogP contribution in [0.5, 0.6) is 0 Å². The minimum Gasteiger partial charge on any atom is -0.380 e. The van der Waals surface area contributed by atoms with Gasteiger partial charge >= 0.3 is 0 Å². The van der Waals surface area contributed by atoms with Gasteiger partial charge in [0.25, 0.3) is 0 Å². The zero-order valence-corrected chi connectivity index (χ0v) is 13.0. The second-order valence-corrected chi connectivity index (χ2v) is 6.71. The summed E-state index contributed by atoms with van der Waals surface area (Å²) < 4.78 is 2.96. The third-order valence-corrected chi connectivity index (χ3v) is 4.53. The van der Waals surface area contributed by atoms with Crippen LogP contribution >= 0.6 is 27.3 Å². The summed E-state index contributed by atoms with van der Waals surface area (Å²) >= 11 is 5.17. The summed E-state index contributed by atoms with van der Waals surface area (Å²) in [5.74, 6) is 0. The van der Waals surface area contributed by atoms with Crippen LogP contribution in [0.3, 0.4) is 0 Å². The van der Waals surface area contributed by atoms with Crippen LogP contribution in [-0.4, -0.2) is 14.8 Å². The van der Waals surface area contributed by atoms with Gasteiger partial charge in [-0.1, -0.05) is 0 Å². The van der Waals surface area contributed by atoms with Crippen LogP contribution in [0, 0.1) is 6.92 Å². The Hall–Kier alpha value is -1.40. The fourth-order valence-corrected chi connectivity index (χ4v) is 3.26. The molecule has 1 N–H and O–H groups in total. The van der Waals surface area contributed by atoms with Crippen LogP contribution in [0.25, 0.3) is 11.0 Å².